The van der Waals surface area contributed by atoms with Crippen molar-refractivity contribution in [2.75, 3.05) is 17.7 Å². The van der Waals surface area contributed by atoms with Gasteiger partial charge >= 0.3 is 6.09 Å². The Kier molecular flexibility index (Phi) is 7.10. The van der Waals surface area contributed by atoms with Gasteiger partial charge in [-0.25, -0.2) is 9.78 Å². The summed E-state index contributed by atoms with van der Waals surface area (Å²) in [6.45, 7) is 3.87. The quantitative estimate of drug-likeness (QED) is 0.684. The van der Waals surface area contributed by atoms with Crippen LogP contribution >= 0.6 is 0 Å². The third-order valence-electron chi connectivity index (χ3n) is 3.96. The molecule has 27 heavy (non-hydrogen) atoms. The number of ether oxygens (including phenoxy) is 1. The number of amides is 2. The fraction of sp³-hybridized carbons (Fsp3) is 0.368. The van der Waals surface area contributed by atoms with Crippen molar-refractivity contribution in [3.05, 3.63) is 30.3 Å². The largest absolute Gasteiger partial charge is 0.453 e. The lowest BCUT2D eigenvalue weighted by atomic mass is 10.0. The highest BCUT2D eigenvalue weighted by Gasteiger charge is 2.17. The molecule has 2 rings (SSSR count). The van der Waals surface area contributed by atoms with E-state index in [1.807, 2.05) is 13.8 Å². The number of aromatic nitrogens is 1. The predicted molar refractivity (Wildman–Crippen MR) is 100 cm³/mol. The monoisotopic (exact) mass is 373 g/mol. The number of nitrogens with one attached hydrogen (secondary N) is 2. The maximum Gasteiger partial charge on any atom is 0.411 e. The Morgan fingerprint density at radius 3 is 2.78 bits per heavy atom. The summed E-state index contributed by atoms with van der Waals surface area (Å²) in [4.78, 5) is 38.6. The summed E-state index contributed by atoms with van der Waals surface area (Å²) >= 11 is 0. The minimum atomic E-state index is -0.618. The van der Waals surface area contributed by atoms with Crippen molar-refractivity contribution in [2.45, 2.75) is 33.1 Å². The Labute approximate surface area is 157 Å². The highest BCUT2D eigenvalue weighted by molar-refractivity contribution is 5.97. The molecular weight excluding hydrogens is 350 g/mol. The van der Waals surface area contributed by atoms with Crippen LogP contribution in [0.4, 0.5) is 16.2 Å². The van der Waals surface area contributed by atoms with E-state index in [1.165, 1.54) is 13.3 Å². The summed E-state index contributed by atoms with van der Waals surface area (Å²) in [6, 6.07) is 4.96. The molecule has 8 nitrogen and oxygen atoms in total. The molecule has 0 saturated heterocycles. The Hall–Kier alpha value is -3.16. The van der Waals surface area contributed by atoms with Gasteiger partial charge in [0.2, 0.25) is 11.8 Å². The van der Waals surface area contributed by atoms with E-state index in [0.717, 1.165) is 12.8 Å². The van der Waals surface area contributed by atoms with Crippen LogP contribution in [0.5, 0.6) is 0 Å². The molecule has 0 saturated carbocycles. The van der Waals surface area contributed by atoms with Crippen LogP contribution in [0.15, 0.2) is 28.8 Å². The number of hydrogen-bond donors (Lipinski definition) is 2. The molecule has 2 N–H and O–H groups in total. The number of carbonyl (C=O) groups is 3. The van der Waals surface area contributed by atoms with Crippen molar-refractivity contribution >= 4 is 29.7 Å². The van der Waals surface area contributed by atoms with E-state index >= 15 is 0 Å². The van der Waals surface area contributed by atoms with Crippen LogP contribution in [0, 0.1) is 5.92 Å². The maximum atomic E-state index is 12.5. The number of benzene rings is 1. The zero-order valence-electron chi connectivity index (χ0n) is 15.6. The number of rotatable bonds is 8. The van der Waals surface area contributed by atoms with Crippen molar-refractivity contribution in [3.63, 3.8) is 0 Å². The smallest absolute Gasteiger partial charge is 0.411 e. The SMILES string of the molecule is CCCC(C)C(=O)Nc1cc(NC(=O)OC)ccc1-c1cnc(CC=O)o1. The number of aldehydes is 1. The van der Waals surface area contributed by atoms with Gasteiger partial charge < -0.3 is 19.3 Å². The summed E-state index contributed by atoms with van der Waals surface area (Å²) in [6.07, 6.45) is 3.29. The molecule has 1 heterocycles. The maximum absolute atomic E-state index is 12.5. The third-order valence-corrected chi connectivity index (χ3v) is 3.96. The molecule has 1 atom stereocenters. The van der Waals surface area contributed by atoms with E-state index in [9.17, 15) is 14.4 Å². The first-order valence-corrected chi connectivity index (χ1v) is 8.67. The second-order valence-corrected chi connectivity index (χ2v) is 6.04. The van der Waals surface area contributed by atoms with Crippen LogP contribution in [-0.2, 0) is 20.7 Å². The van der Waals surface area contributed by atoms with Crippen molar-refractivity contribution in [1.29, 1.82) is 0 Å². The fourth-order valence-corrected chi connectivity index (χ4v) is 2.53. The molecule has 0 aliphatic rings. The Morgan fingerprint density at radius 2 is 2.11 bits per heavy atom. The molecule has 1 unspecified atom stereocenters. The van der Waals surface area contributed by atoms with Gasteiger partial charge in [-0.2, -0.15) is 0 Å². The zero-order chi connectivity index (χ0) is 19.8. The molecule has 0 radical (unpaired) electrons. The minimum absolute atomic E-state index is 0.0667. The van der Waals surface area contributed by atoms with Gasteiger partial charge in [0.05, 0.1) is 25.4 Å². The lowest BCUT2D eigenvalue weighted by Crippen LogP contribution is -2.21. The van der Waals surface area contributed by atoms with E-state index in [4.69, 9.17) is 4.42 Å². The molecule has 0 fully saturated rings. The second kappa shape index (κ2) is 9.51. The highest BCUT2D eigenvalue weighted by Crippen LogP contribution is 2.32. The number of nitrogens with zero attached hydrogens (tertiary/aromatic N) is 1. The molecule has 0 aliphatic carbocycles. The van der Waals surface area contributed by atoms with Crippen molar-refractivity contribution in [1.82, 2.24) is 4.98 Å². The number of methoxy groups -OCH3 is 1. The van der Waals surface area contributed by atoms with Crippen LogP contribution in [0.2, 0.25) is 0 Å². The van der Waals surface area contributed by atoms with Gasteiger partial charge in [-0.1, -0.05) is 20.3 Å². The molecule has 0 aliphatic heterocycles. The van der Waals surface area contributed by atoms with Crippen LogP contribution in [-0.4, -0.2) is 30.4 Å². The Morgan fingerprint density at radius 1 is 1.33 bits per heavy atom. The highest BCUT2D eigenvalue weighted by atomic mass is 16.5. The standard InChI is InChI=1S/C19H23N3O5/c1-4-5-12(2)18(24)22-15-10-13(21-19(25)26-3)6-7-14(15)16-11-20-17(27-16)8-9-23/h6-7,9-12H,4-5,8H2,1-3H3,(H,21,25)(H,22,24). The van der Waals surface area contributed by atoms with Crippen LogP contribution in [0.1, 0.15) is 32.6 Å². The van der Waals surface area contributed by atoms with Gasteiger partial charge in [0.25, 0.3) is 0 Å². The molecule has 8 heteroatoms. The van der Waals surface area contributed by atoms with Crippen molar-refractivity contribution in [2.24, 2.45) is 5.92 Å². The first-order chi connectivity index (χ1) is 13.0. The van der Waals surface area contributed by atoms with E-state index in [-0.39, 0.29) is 24.1 Å². The summed E-state index contributed by atoms with van der Waals surface area (Å²) in [7, 11) is 1.27. The van der Waals surface area contributed by atoms with Gasteiger partial charge in [-0.3, -0.25) is 10.1 Å². The van der Waals surface area contributed by atoms with Gasteiger partial charge in [-0.15, -0.1) is 0 Å². The van der Waals surface area contributed by atoms with E-state index < -0.39 is 6.09 Å². The lowest BCUT2D eigenvalue weighted by Gasteiger charge is -2.15. The van der Waals surface area contributed by atoms with Crippen LogP contribution < -0.4 is 10.6 Å². The van der Waals surface area contributed by atoms with Gasteiger partial charge in [0.1, 0.15) is 6.29 Å². The number of oxazole rings is 1. The summed E-state index contributed by atoms with van der Waals surface area (Å²) < 4.78 is 10.2. The van der Waals surface area contributed by atoms with Crippen molar-refractivity contribution < 1.29 is 23.5 Å². The zero-order valence-corrected chi connectivity index (χ0v) is 15.6. The summed E-state index contributed by atoms with van der Waals surface area (Å²) in [5, 5.41) is 5.44. The second-order valence-electron chi connectivity index (χ2n) is 6.04. The van der Waals surface area contributed by atoms with Gasteiger partial charge in [0.15, 0.2) is 5.76 Å². The average molecular weight is 373 g/mol. The van der Waals surface area contributed by atoms with Gasteiger partial charge in [0, 0.05) is 17.2 Å². The third kappa shape index (κ3) is 5.40. The molecule has 1 aromatic heterocycles. The predicted octanol–water partition coefficient (Wildman–Crippen LogP) is 3.64. The van der Waals surface area contributed by atoms with Crippen LogP contribution in [0.25, 0.3) is 11.3 Å². The van der Waals surface area contributed by atoms with E-state index in [1.54, 1.807) is 18.2 Å². The molecular formula is C19H23N3O5. The van der Waals surface area contributed by atoms with Gasteiger partial charge in [-0.05, 0) is 24.6 Å². The first kappa shape index (κ1) is 20.2. The normalized spacial score (nSPS) is 11.5. The van der Waals surface area contributed by atoms with Crippen LogP contribution in [0.3, 0.4) is 0 Å². The number of carbonyl (C=O) groups excluding carboxylic acids is 3. The molecule has 0 spiro atoms. The van der Waals surface area contributed by atoms with E-state index in [2.05, 4.69) is 20.4 Å². The minimum Gasteiger partial charge on any atom is -0.453 e. The molecule has 2 amide bonds. The molecule has 2 aromatic rings. The summed E-state index contributed by atoms with van der Waals surface area (Å²) in [5.41, 5.74) is 1.51. The number of anilines is 2. The topological polar surface area (TPSA) is 111 Å². The Bertz CT molecular complexity index is 815. The molecule has 0 bridgehead atoms. The van der Waals surface area contributed by atoms with Crippen molar-refractivity contribution in [3.8, 4) is 11.3 Å². The molecule has 1 aromatic carbocycles. The summed E-state index contributed by atoms with van der Waals surface area (Å²) in [5.74, 6) is 0.393. The molecule has 144 valence electrons. The average Bonchev–Trinajstić information content (AvgIpc) is 3.10. The Balaban J connectivity index is 2.36. The van der Waals surface area contributed by atoms with E-state index in [0.29, 0.717) is 29.0 Å². The fourth-order valence-electron chi connectivity index (χ4n) is 2.53. The first-order valence-electron chi connectivity index (χ1n) is 8.67. The lowest BCUT2D eigenvalue weighted by molar-refractivity contribution is -0.119. The number of hydrogen-bond acceptors (Lipinski definition) is 6.